The summed E-state index contributed by atoms with van der Waals surface area (Å²) in [5.74, 6) is 1.37. The molecular formula is C14H18N4O. The molecule has 0 bridgehead atoms. The van der Waals surface area contributed by atoms with Crippen LogP contribution in [-0.4, -0.2) is 40.0 Å². The zero-order valence-electron chi connectivity index (χ0n) is 10.8. The first kappa shape index (κ1) is 12.2. The molecule has 2 aromatic rings. The molecule has 5 heteroatoms. The van der Waals surface area contributed by atoms with E-state index in [2.05, 4.69) is 20.1 Å². The standard InChI is InChI=1S/C14H18N4O/c19-10-11-5-8-18(9-6-11)14-4-3-13(16-17-14)12-2-1-7-15-12/h1-4,7,11,15,19H,5-6,8-10H2. The summed E-state index contributed by atoms with van der Waals surface area (Å²) >= 11 is 0. The molecule has 1 aliphatic heterocycles. The number of aromatic nitrogens is 3. The van der Waals surface area contributed by atoms with Crippen molar-refractivity contribution in [1.82, 2.24) is 15.2 Å². The molecule has 3 rings (SSSR count). The van der Waals surface area contributed by atoms with E-state index in [0.29, 0.717) is 12.5 Å². The molecule has 0 saturated carbocycles. The number of H-pyrrole nitrogens is 1. The number of rotatable bonds is 3. The number of aromatic amines is 1. The summed E-state index contributed by atoms with van der Waals surface area (Å²) in [6.07, 6.45) is 3.93. The van der Waals surface area contributed by atoms with Crippen LogP contribution in [0.1, 0.15) is 12.8 Å². The topological polar surface area (TPSA) is 65.0 Å². The van der Waals surface area contributed by atoms with Crippen molar-refractivity contribution >= 4 is 5.82 Å². The van der Waals surface area contributed by atoms with Crippen LogP contribution in [0.2, 0.25) is 0 Å². The fourth-order valence-electron chi connectivity index (χ4n) is 2.47. The fourth-order valence-corrected chi connectivity index (χ4v) is 2.47. The van der Waals surface area contributed by atoms with E-state index < -0.39 is 0 Å². The van der Waals surface area contributed by atoms with Crippen molar-refractivity contribution in [2.24, 2.45) is 5.92 Å². The average molecular weight is 258 g/mol. The SMILES string of the molecule is OCC1CCN(c2ccc(-c3ccc[nH]3)nn2)CC1. The summed E-state index contributed by atoms with van der Waals surface area (Å²) in [6, 6.07) is 7.94. The summed E-state index contributed by atoms with van der Waals surface area (Å²) in [5.41, 5.74) is 1.84. The van der Waals surface area contributed by atoms with Gasteiger partial charge in [-0.2, -0.15) is 0 Å². The molecule has 0 aromatic carbocycles. The minimum absolute atomic E-state index is 0.297. The normalized spacial score (nSPS) is 16.8. The lowest BCUT2D eigenvalue weighted by Gasteiger charge is -2.31. The highest BCUT2D eigenvalue weighted by Gasteiger charge is 2.19. The second-order valence-corrected chi connectivity index (χ2v) is 4.97. The first-order valence-corrected chi connectivity index (χ1v) is 6.70. The van der Waals surface area contributed by atoms with Crippen LogP contribution in [-0.2, 0) is 0 Å². The van der Waals surface area contributed by atoms with Gasteiger partial charge in [0.15, 0.2) is 5.82 Å². The number of anilines is 1. The Bertz CT molecular complexity index is 501. The molecule has 100 valence electrons. The predicted octanol–water partition coefficient (Wildman–Crippen LogP) is 1.68. The number of hydrogen-bond acceptors (Lipinski definition) is 4. The third-order valence-electron chi connectivity index (χ3n) is 3.72. The van der Waals surface area contributed by atoms with E-state index in [4.69, 9.17) is 5.11 Å². The molecule has 0 atom stereocenters. The number of nitrogens with zero attached hydrogens (tertiary/aromatic N) is 3. The van der Waals surface area contributed by atoms with Crippen molar-refractivity contribution in [1.29, 1.82) is 0 Å². The maximum atomic E-state index is 9.14. The highest BCUT2D eigenvalue weighted by atomic mass is 16.3. The molecular weight excluding hydrogens is 240 g/mol. The molecule has 0 spiro atoms. The lowest BCUT2D eigenvalue weighted by atomic mass is 9.98. The molecule has 1 saturated heterocycles. The van der Waals surface area contributed by atoms with Gasteiger partial charge < -0.3 is 15.0 Å². The number of nitrogens with one attached hydrogen (secondary N) is 1. The Morgan fingerprint density at radius 1 is 1.21 bits per heavy atom. The molecule has 2 aromatic heterocycles. The van der Waals surface area contributed by atoms with Crippen LogP contribution in [0.15, 0.2) is 30.5 Å². The molecule has 0 radical (unpaired) electrons. The number of aliphatic hydroxyl groups excluding tert-OH is 1. The average Bonchev–Trinajstić information content (AvgIpc) is 3.02. The molecule has 1 fully saturated rings. The lowest BCUT2D eigenvalue weighted by molar-refractivity contribution is 0.202. The monoisotopic (exact) mass is 258 g/mol. The molecule has 3 heterocycles. The van der Waals surface area contributed by atoms with Crippen LogP contribution >= 0.6 is 0 Å². The summed E-state index contributed by atoms with van der Waals surface area (Å²) in [7, 11) is 0. The highest BCUT2D eigenvalue weighted by Crippen LogP contribution is 2.22. The van der Waals surface area contributed by atoms with E-state index >= 15 is 0 Å². The number of aliphatic hydroxyl groups is 1. The fraction of sp³-hybridized carbons (Fsp3) is 0.429. The van der Waals surface area contributed by atoms with Crippen LogP contribution < -0.4 is 4.90 Å². The Labute approximate surface area is 112 Å². The second kappa shape index (κ2) is 5.40. The summed E-state index contributed by atoms with van der Waals surface area (Å²) in [6.45, 7) is 2.19. The Morgan fingerprint density at radius 2 is 2.05 bits per heavy atom. The van der Waals surface area contributed by atoms with Crippen molar-refractivity contribution in [3.63, 3.8) is 0 Å². The Kier molecular flexibility index (Phi) is 3.46. The van der Waals surface area contributed by atoms with Crippen LogP contribution in [0, 0.1) is 5.92 Å². The predicted molar refractivity (Wildman–Crippen MR) is 73.8 cm³/mol. The first-order valence-electron chi connectivity index (χ1n) is 6.70. The van der Waals surface area contributed by atoms with Crippen molar-refractivity contribution in [2.45, 2.75) is 12.8 Å². The van der Waals surface area contributed by atoms with Gasteiger partial charge in [0.05, 0.1) is 5.69 Å². The molecule has 0 unspecified atom stereocenters. The highest BCUT2D eigenvalue weighted by molar-refractivity contribution is 5.55. The van der Waals surface area contributed by atoms with E-state index in [-0.39, 0.29) is 0 Å². The number of hydrogen-bond donors (Lipinski definition) is 2. The van der Waals surface area contributed by atoms with Crippen LogP contribution in [0.25, 0.3) is 11.4 Å². The Morgan fingerprint density at radius 3 is 2.63 bits per heavy atom. The van der Waals surface area contributed by atoms with Gasteiger partial charge in [0, 0.05) is 25.9 Å². The summed E-state index contributed by atoms with van der Waals surface area (Å²) in [5, 5.41) is 17.7. The first-order chi connectivity index (χ1) is 9.36. The molecule has 19 heavy (non-hydrogen) atoms. The van der Waals surface area contributed by atoms with Crippen molar-refractivity contribution < 1.29 is 5.11 Å². The van der Waals surface area contributed by atoms with Gasteiger partial charge in [0.1, 0.15) is 5.69 Å². The molecule has 2 N–H and O–H groups in total. The van der Waals surface area contributed by atoms with E-state index in [0.717, 1.165) is 43.1 Å². The maximum Gasteiger partial charge on any atom is 0.151 e. The van der Waals surface area contributed by atoms with Gasteiger partial charge in [-0.15, -0.1) is 10.2 Å². The zero-order valence-corrected chi connectivity index (χ0v) is 10.8. The summed E-state index contributed by atoms with van der Waals surface area (Å²) < 4.78 is 0. The van der Waals surface area contributed by atoms with Crippen LogP contribution in [0.4, 0.5) is 5.82 Å². The molecule has 5 nitrogen and oxygen atoms in total. The van der Waals surface area contributed by atoms with Crippen molar-refractivity contribution in [3.8, 4) is 11.4 Å². The zero-order chi connectivity index (χ0) is 13.1. The maximum absolute atomic E-state index is 9.14. The van der Waals surface area contributed by atoms with Gasteiger partial charge in [-0.05, 0) is 43.0 Å². The van der Waals surface area contributed by atoms with Crippen molar-refractivity contribution in [2.75, 3.05) is 24.6 Å². The molecule has 0 amide bonds. The van der Waals surface area contributed by atoms with Gasteiger partial charge in [0.25, 0.3) is 0 Å². The Hall–Kier alpha value is -1.88. The van der Waals surface area contributed by atoms with Crippen LogP contribution in [0.3, 0.4) is 0 Å². The van der Waals surface area contributed by atoms with Gasteiger partial charge in [-0.1, -0.05) is 0 Å². The molecule has 0 aliphatic carbocycles. The van der Waals surface area contributed by atoms with Gasteiger partial charge in [-0.3, -0.25) is 0 Å². The van der Waals surface area contributed by atoms with Gasteiger partial charge in [0.2, 0.25) is 0 Å². The van der Waals surface area contributed by atoms with Crippen molar-refractivity contribution in [3.05, 3.63) is 30.5 Å². The van der Waals surface area contributed by atoms with Gasteiger partial charge >= 0.3 is 0 Å². The minimum atomic E-state index is 0.297. The molecule has 1 aliphatic rings. The van der Waals surface area contributed by atoms with Crippen LogP contribution in [0.5, 0.6) is 0 Å². The quantitative estimate of drug-likeness (QED) is 0.879. The van der Waals surface area contributed by atoms with E-state index in [9.17, 15) is 0 Å². The lowest BCUT2D eigenvalue weighted by Crippen LogP contribution is -2.35. The van der Waals surface area contributed by atoms with E-state index in [1.807, 2.05) is 30.5 Å². The smallest absolute Gasteiger partial charge is 0.151 e. The third kappa shape index (κ3) is 2.61. The van der Waals surface area contributed by atoms with E-state index in [1.165, 1.54) is 0 Å². The Balaban J connectivity index is 1.70. The third-order valence-corrected chi connectivity index (χ3v) is 3.72. The summed E-state index contributed by atoms with van der Waals surface area (Å²) in [4.78, 5) is 5.36. The number of piperidine rings is 1. The second-order valence-electron chi connectivity index (χ2n) is 4.97. The van der Waals surface area contributed by atoms with E-state index in [1.54, 1.807) is 0 Å². The largest absolute Gasteiger partial charge is 0.396 e. The van der Waals surface area contributed by atoms with Gasteiger partial charge in [-0.25, -0.2) is 0 Å². The minimum Gasteiger partial charge on any atom is -0.396 e.